The largest absolute Gasteiger partial charge is 0.481 e. The van der Waals surface area contributed by atoms with Crippen molar-refractivity contribution in [1.29, 1.82) is 0 Å². The van der Waals surface area contributed by atoms with Gasteiger partial charge in [-0.2, -0.15) is 11.8 Å². The van der Waals surface area contributed by atoms with Gasteiger partial charge in [-0.05, 0) is 43.2 Å². The second kappa shape index (κ2) is 10.4. The van der Waals surface area contributed by atoms with Crippen LogP contribution >= 0.6 is 23.4 Å². The number of carbonyl (C=O) groups is 1. The van der Waals surface area contributed by atoms with Gasteiger partial charge in [0.05, 0.1) is 0 Å². The number of benzene rings is 2. The maximum absolute atomic E-state index is 12.3. The zero-order valence-electron chi connectivity index (χ0n) is 14.6. The first-order valence-corrected chi connectivity index (χ1v) is 9.95. The van der Waals surface area contributed by atoms with Gasteiger partial charge in [0.1, 0.15) is 5.75 Å². The third-order valence-electron chi connectivity index (χ3n) is 3.65. The summed E-state index contributed by atoms with van der Waals surface area (Å²) >= 11 is 7.67. The first-order chi connectivity index (χ1) is 12.1. The molecule has 25 heavy (non-hydrogen) atoms. The molecular weight excluding hydrogens is 354 g/mol. The lowest BCUT2D eigenvalue weighted by Crippen LogP contribution is -2.39. The number of amides is 1. The summed E-state index contributed by atoms with van der Waals surface area (Å²) in [4.78, 5) is 12.3. The molecule has 0 saturated carbocycles. The van der Waals surface area contributed by atoms with Crippen LogP contribution in [-0.4, -0.2) is 24.3 Å². The normalized spacial score (nSPS) is 11.8. The Morgan fingerprint density at radius 3 is 2.68 bits per heavy atom. The second-order valence-electron chi connectivity index (χ2n) is 5.80. The topological polar surface area (TPSA) is 38.3 Å². The van der Waals surface area contributed by atoms with Crippen molar-refractivity contribution in [3.8, 4) is 5.75 Å². The molecule has 0 fully saturated rings. The van der Waals surface area contributed by atoms with E-state index < -0.39 is 6.10 Å². The molecule has 2 aromatic carbocycles. The predicted octanol–water partition coefficient (Wildman–Crippen LogP) is 4.86. The zero-order valence-corrected chi connectivity index (χ0v) is 16.2. The number of carbonyl (C=O) groups excluding carboxylic acids is 1. The van der Waals surface area contributed by atoms with Crippen LogP contribution in [0.25, 0.3) is 0 Å². The van der Waals surface area contributed by atoms with Gasteiger partial charge in [-0.3, -0.25) is 4.79 Å². The van der Waals surface area contributed by atoms with E-state index in [4.69, 9.17) is 16.3 Å². The Labute approximate surface area is 159 Å². The molecule has 0 spiro atoms. The van der Waals surface area contributed by atoms with Crippen molar-refractivity contribution < 1.29 is 9.53 Å². The second-order valence-corrected chi connectivity index (χ2v) is 7.34. The van der Waals surface area contributed by atoms with Crippen LogP contribution in [0.2, 0.25) is 5.02 Å². The van der Waals surface area contributed by atoms with Gasteiger partial charge in [0.15, 0.2) is 6.10 Å². The fourth-order valence-electron chi connectivity index (χ4n) is 2.35. The molecule has 134 valence electrons. The maximum Gasteiger partial charge on any atom is 0.261 e. The Morgan fingerprint density at radius 1 is 1.24 bits per heavy atom. The highest BCUT2D eigenvalue weighted by Gasteiger charge is 2.17. The molecule has 0 aliphatic rings. The van der Waals surface area contributed by atoms with E-state index in [9.17, 15) is 4.79 Å². The number of ether oxygens (including phenoxy) is 1. The van der Waals surface area contributed by atoms with Crippen molar-refractivity contribution >= 4 is 29.3 Å². The van der Waals surface area contributed by atoms with Crippen LogP contribution in [0, 0.1) is 6.92 Å². The maximum atomic E-state index is 12.3. The molecule has 0 radical (unpaired) electrons. The van der Waals surface area contributed by atoms with Crippen LogP contribution in [0.4, 0.5) is 0 Å². The van der Waals surface area contributed by atoms with E-state index in [-0.39, 0.29) is 5.91 Å². The molecule has 1 atom stereocenters. The van der Waals surface area contributed by atoms with Crippen LogP contribution < -0.4 is 10.1 Å². The number of rotatable bonds is 9. The highest BCUT2D eigenvalue weighted by Crippen LogP contribution is 2.18. The molecule has 0 aliphatic heterocycles. The quantitative estimate of drug-likeness (QED) is 0.634. The fourth-order valence-corrected chi connectivity index (χ4v) is 3.28. The molecule has 0 aromatic heterocycles. The van der Waals surface area contributed by atoms with E-state index >= 15 is 0 Å². The van der Waals surface area contributed by atoms with Crippen molar-refractivity contribution in [2.45, 2.75) is 32.1 Å². The molecule has 0 aliphatic carbocycles. The number of nitrogens with one attached hydrogen (secondary N) is 1. The van der Waals surface area contributed by atoms with Crippen LogP contribution in [-0.2, 0) is 10.5 Å². The molecule has 2 aromatic rings. The zero-order chi connectivity index (χ0) is 18.1. The summed E-state index contributed by atoms with van der Waals surface area (Å²) in [6.45, 7) is 4.67. The lowest BCUT2D eigenvalue weighted by molar-refractivity contribution is -0.127. The summed E-state index contributed by atoms with van der Waals surface area (Å²) in [7, 11) is 0. The van der Waals surface area contributed by atoms with Crippen molar-refractivity contribution in [2.24, 2.45) is 0 Å². The summed E-state index contributed by atoms with van der Waals surface area (Å²) in [5.41, 5.74) is 2.59. The standard InChI is InChI=1S/C20H24ClNO2S/c1-3-19(24-18-9-7-17(21)8-10-18)20(23)22-11-12-25-14-16-6-4-5-15(2)13-16/h4-10,13,19H,3,11-12,14H2,1-2H3,(H,22,23)/t19-/m0/s1. The van der Waals surface area contributed by atoms with Crippen LogP contribution in [0.1, 0.15) is 24.5 Å². The van der Waals surface area contributed by atoms with Gasteiger partial charge < -0.3 is 10.1 Å². The number of halogens is 1. The minimum atomic E-state index is -0.483. The van der Waals surface area contributed by atoms with Gasteiger partial charge in [0.2, 0.25) is 0 Å². The summed E-state index contributed by atoms with van der Waals surface area (Å²) in [6.07, 6.45) is 0.133. The summed E-state index contributed by atoms with van der Waals surface area (Å²) in [6, 6.07) is 15.6. The molecule has 0 saturated heterocycles. The SMILES string of the molecule is CC[C@H](Oc1ccc(Cl)cc1)C(=O)NCCSCc1cccc(C)c1. The molecule has 1 amide bonds. The van der Waals surface area contributed by atoms with E-state index in [2.05, 4.69) is 36.5 Å². The van der Waals surface area contributed by atoms with E-state index in [1.807, 2.05) is 18.7 Å². The molecular formula is C20H24ClNO2S. The number of hydrogen-bond acceptors (Lipinski definition) is 3. The predicted molar refractivity (Wildman–Crippen MR) is 107 cm³/mol. The number of hydrogen-bond donors (Lipinski definition) is 1. The van der Waals surface area contributed by atoms with Gasteiger partial charge in [-0.15, -0.1) is 0 Å². The Hall–Kier alpha value is -1.65. The Morgan fingerprint density at radius 2 is 2.00 bits per heavy atom. The highest BCUT2D eigenvalue weighted by molar-refractivity contribution is 7.98. The van der Waals surface area contributed by atoms with Crippen molar-refractivity contribution in [1.82, 2.24) is 5.32 Å². The first kappa shape index (κ1) is 19.7. The molecule has 0 bridgehead atoms. The average molecular weight is 378 g/mol. The van der Waals surface area contributed by atoms with Gasteiger partial charge in [0.25, 0.3) is 5.91 Å². The van der Waals surface area contributed by atoms with Crippen molar-refractivity contribution in [2.75, 3.05) is 12.3 Å². The molecule has 2 rings (SSSR count). The van der Waals surface area contributed by atoms with Gasteiger partial charge in [-0.25, -0.2) is 0 Å². The summed E-state index contributed by atoms with van der Waals surface area (Å²) < 4.78 is 5.74. The van der Waals surface area contributed by atoms with Crippen LogP contribution in [0.5, 0.6) is 5.75 Å². The summed E-state index contributed by atoms with van der Waals surface area (Å²) in [5, 5.41) is 3.60. The molecule has 1 N–H and O–H groups in total. The first-order valence-electron chi connectivity index (χ1n) is 8.41. The number of aryl methyl sites for hydroxylation is 1. The average Bonchev–Trinajstić information content (AvgIpc) is 2.61. The third kappa shape index (κ3) is 7.00. The van der Waals surface area contributed by atoms with E-state index in [0.29, 0.717) is 23.7 Å². The third-order valence-corrected chi connectivity index (χ3v) is 4.93. The number of thioether (sulfide) groups is 1. The fraction of sp³-hybridized carbons (Fsp3) is 0.350. The van der Waals surface area contributed by atoms with Gasteiger partial charge in [0, 0.05) is 23.1 Å². The lowest BCUT2D eigenvalue weighted by Gasteiger charge is -2.17. The highest BCUT2D eigenvalue weighted by atomic mass is 35.5. The molecule has 3 nitrogen and oxygen atoms in total. The van der Waals surface area contributed by atoms with Crippen LogP contribution in [0.3, 0.4) is 0 Å². The Bertz CT molecular complexity index is 676. The Kier molecular flexibility index (Phi) is 8.16. The van der Waals surface area contributed by atoms with E-state index in [0.717, 1.165) is 11.5 Å². The Balaban J connectivity index is 1.69. The van der Waals surface area contributed by atoms with Gasteiger partial charge >= 0.3 is 0 Å². The minimum Gasteiger partial charge on any atom is -0.481 e. The van der Waals surface area contributed by atoms with Crippen LogP contribution in [0.15, 0.2) is 48.5 Å². The molecule has 5 heteroatoms. The summed E-state index contributed by atoms with van der Waals surface area (Å²) in [5.74, 6) is 2.40. The monoisotopic (exact) mass is 377 g/mol. The minimum absolute atomic E-state index is 0.0754. The molecule has 0 heterocycles. The van der Waals surface area contributed by atoms with E-state index in [1.165, 1.54) is 11.1 Å². The van der Waals surface area contributed by atoms with Gasteiger partial charge in [-0.1, -0.05) is 48.4 Å². The smallest absolute Gasteiger partial charge is 0.261 e. The van der Waals surface area contributed by atoms with E-state index in [1.54, 1.807) is 24.3 Å². The van der Waals surface area contributed by atoms with Crippen molar-refractivity contribution in [3.63, 3.8) is 0 Å². The lowest BCUT2D eigenvalue weighted by atomic mass is 10.2. The molecule has 0 unspecified atom stereocenters. The van der Waals surface area contributed by atoms with Crippen molar-refractivity contribution in [3.05, 3.63) is 64.7 Å².